The van der Waals surface area contributed by atoms with Crippen molar-refractivity contribution in [2.45, 2.75) is 33.6 Å². The third-order valence-corrected chi connectivity index (χ3v) is 6.02. The number of carbonyl (C=O) groups excluding carboxylic acids is 1. The molecule has 29 heavy (non-hydrogen) atoms. The number of hydrogen-bond donors (Lipinski definition) is 1. The molecule has 1 fully saturated rings. The number of aryl methyl sites for hydroxylation is 1. The summed E-state index contributed by atoms with van der Waals surface area (Å²) in [5.74, 6) is 0.903. The number of amides is 1. The minimum Gasteiger partial charge on any atom is -0.504 e. The van der Waals surface area contributed by atoms with E-state index in [9.17, 15) is 4.79 Å². The molecule has 1 N–H and O–H groups in total. The van der Waals surface area contributed by atoms with Crippen molar-refractivity contribution < 1.29 is 9.53 Å². The van der Waals surface area contributed by atoms with Crippen molar-refractivity contribution in [1.82, 2.24) is 15.2 Å². The number of rotatable bonds is 8. The number of aromatic nitrogens is 1. The Bertz CT molecular complexity index is 895. The van der Waals surface area contributed by atoms with Crippen LogP contribution in [0.15, 0.2) is 18.2 Å². The molecule has 0 spiro atoms. The molecule has 154 valence electrons. The van der Waals surface area contributed by atoms with Gasteiger partial charge in [-0.3, -0.25) is 4.79 Å². The van der Waals surface area contributed by atoms with Crippen molar-refractivity contribution in [3.63, 3.8) is 0 Å². The molecule has 0 saturated carbocycles. The van der Waals surface area contributed by atoms with Crippen LogP contribution in [0, 0.1) is 19.4 Å². The first-order valence-corrected chi connectivity index (χ1v) is 10.9. The smallest absolute Gasteiger partial charge is 0.263 e. The zero-order chi connectivity index (χ0) is 20.8. The molecule has 2 heterocycles. The van der Waals surface area contributed by atoms with Gasteiger partial charge in [0.2, 0.25) is 5.69 Å². The molecule has 0 bridgehead atoms. The Kier molecular flexibility index (Phi) is 7.24. The zero-order valence-electron chi connectivity index (χ0n) is 17.3. The Labute approximate surface area is 176 Å². The minimum absolute atomic E-state index is 0.0762. The fraction of sp³-hybridized carbons (Fsp3) is 0.500. The number of hydrogen-bond acceptors (Lipinski definition) is 5. The summed E-state index contributed by atoms with van der Waals surface area (Å²) >= 11 is 1.37. The Morgan fingerprint density at radius 1 is 1.38 bits per heavy atom. The largest absolute Gasteiger partial charge is 0.504 e. The van der Waals surface area contributed by atoms with E-state index in [1.54, 1.807) is 6.07 Å². The summed E-state index contributed by atoms with van der Waals surface area (Å²) in [6.07, 6.45) is 2.50. The van der Waals surface area contributed by atoms with Gasteiger partial charge in [0.05, 0.1) is 18.9 Å². The van der Waals surface area contributed by atoms with Crippen LogP contribution >= 0.6 is 11.3 Å². The molecule has 1 amide bonds. The Balaban J connectivity index is 1.68. The van der Waals surface area contributed by atoms with Gasteiger partial charge < -0.3 is 15.0 Å². The minimum atomic E-state index is -0.0762. The molecule has 1 aromatic carbocycles. The summed E-state index contributed by atoms with van der Waals surface area (Å²) in [4.78, 5) is 23.8. The summed E-state index contributed by atoms with van der Waals surface area (Å²) in [6, 6.07) is 5.51. The van der Waals surface area contributed by atoms with Gasteiger partial charge in [-0.2, -0.15) is 0 Å². The summed E-state index contributed by atoms with van der Waals surface area (Å²) in [5, 5.41) is 3.75. The molecule has 7 heteroatoms. The number of carbonyl (C=O) groups is 1. The van der Waals surface area contributed by atoms with Crippen LogP contribution in [0.4, 0.5) is 5.69 Å². The van der Waals surface area contributed by atoms with E-state index in [4.69, 9.17) is 11.3 Å². The first-order chi connectivity index (χ1) is 14.0. The van der Waals surface area contributed by atoms with Gasteiger partial charge >= 0.3 is 0 Å². The third-order valence-electron chi connectivity index (χ3n) is 4.81. The van der Waals surface area contributed by atoms with Crippen LogP contribution in [0.25, 0.3) is 15.4 Å². The van der Waals surface area contributed by atoms with Gasteiger partial charge in [-0.05, 0) is 50.9 Å². The monoisotopic (exact) mass is 412 g/mol. The van der Waals surface area contributed by atoms with E-state index in [1.807, 2.05) is 19.1 Å². The van der Waals surface area contributed by atoms with E-state index in [0.717, 1.165) is 30.2 Å². The second-order valence-corrected chi connectivity index (χ2v) is 8.74. The number of likely N-dealkylation sites (tertiary alicyclic amines) is 1. The lowest BCUT2D eigenvalue weighted by molar-refractivity contribution is 0.0953. The molecule has 1 aliphatic rings. The standard InChI is InChI=1S/C22H28N4O2S/c1-15(2)14-28-19-8-7-17(13-18(19)23-4)22-25-16(3)20(29-22)21(27)24-9-12-26-10-5-6-11-26/h7-8,13,15H,5-6,9-12,14H2,1-3H3,(H,24,27). The van der Waals surface area contributed by atoms with Crippen LogP contribution in [0.2, 0.25) is 0 Å². The van der Waals surface area contributed by atoms with Gasteiger partial charge in [0.15, 0.2) is 0 Å². The molecule has 1 aliphatic heterocycles. The average Bonchev–Trinajstić information content (AvgIpc) is 3.35. The van der Waals surface area contributed by atoms with Crippen LogP contribution in [0.5, 0.6) is 5.75 Å². The first-order valence-electron chi connectivity index (χ1n) is 10.1. The highest BCUT2D eigenvalue weighted by Gasteiger charge is 2.18. The maximum Gasteiger partial charge on any atom is 0.263 e. The van der Waals surface area contributed by atoms with Crippen molar-refractivity contribution in [1.29, 1.82) is 0 Å². The lowest BCUT2D eigenvalue weighted by Gasteiger charge is -2.14. The van der Waals surface area contributed by atoms with E-state index in [1.165, 1.54) is 24.2 Å². The number of nitrogens with zero attached hydrogens (tertiary/aromatic N) is 3. The fourth-order valence-corrected chi connectivity index (χ4v) is 4.24. The quantitative estimate of drug-likeness (QED) is 0.647. The second kappa shape index (κ2) is 9.86. The van der Waals surface area contributed by atoms with Crippen LogP contribution in [0.3, 0.4) is 0 Å². The predicted octanol–water partition coefficient (Wildman–Crippen LogP) is 4.53. The first kappa shape index (κ1) is 21.3. The highest BCUT2D eigenvalue weighted by Crippen LogP contribution is 2.35. The van der Waals surface area contributed by atoms with Crippen molar-refractivity contribution in [2.75, 3.05) is 32.8 Å². The van der Waals surface area contributed by atoms with Gasteiger partial charge in [-0.15, -0.1) is 11.3 Å². The van der Waals surface area contributed by atoms with E-state index < -0.39 is 0 Å². The molecule has 3 rings (SSSR count). The Morgan fingerprint density at radius 3 is 2.83 bits per heavy atom. The lowest BCUT2D eigenvalue weighted by atomic mass is 10.2. The molecule has 0 aliphatic carbocycles. The van der Waals surface area contributed by atoms with Crippen molar-refractivity contribution in [3.8, 4) is 16.3 Å². The molecular weight excluding hydrogens is 384 g/mol. The van der Waals surface area contributed by atoms with Crippen molar-refractivity contribution >= 4 is 22.9 Å². The molecule has 1 aromatic heterocycles. The van der Waals surface area contributed by atoms with Gasteiger partial charge in [-0.25, -0.2) is 9.83 Å². The third kappa shape index (κ3) is 5.55. The van der Waals surface area contributed by atoms with E-state index in [-0.39, 0.29) is 5.91 Å². The second-order valence-electron chi connectivity index (χ2n) is 7.74. The van der Waals surface area contributed by atoms with E-state index in [0.29, 0.717) is 41.1 Å². The van der Waals surface area contributed by atoms with Crippen molar-refractivity contribution in [3.05, 3.63) is 40.2 Å². The van der Waals surface area contributed by atoms with Crippen molar-refractivity contribution in [2.24, 2.45) is 5.92 Å². The lowest BCUT2D eigenvalue weighted by Crippen LogP contribution is -2.33. The molecule has 0 radical (unpaired) electrons. The SMILES string of the molecule is [C-]#[N+]c1cc(-c2nc(C)c(C(=O)NCCN3CCCC3)s2)ccc1OCC(C)C. The summed E-state index contributed by atoms with van der Waals surface area (Å²) < 4.78 is 5.74. The fourth-order valence-electron chi connectivity index (χ4n) is 3.26. The summed E-state index contributed by atoms with van der Waals surface area (Å²) in [6.45, 7) is 17.8. The number of ether oxygens (including phenoxy) is 1. The highest BCUT2D eigenvalue weighted by atomic mass is 32.1. The Morgan fingerprint density at radius 2 is 2.14 bits per heavy atom. The molecule has 0 unspecified atom stereocenters. The normalized spacial score (nSPS) is 14.2. The molecule has 1 saturated heterocycles. The topological polar surface area (TPSA) is 58.8 Å². The van der Waals surface area contributed by atoms with Gasteiger partial charge in [0, 0.05) is 18.7 Å². The van der Waals surface area contributed by atoms with Crippen LogP contribution < -0.4 is 10.1 Å². The van der Waals surface area contributed by atoms with E-state index >= 15 is 0 Å². The summed E-state index contributed by atoms with van der Waals surface area (Å²) in [7, 11) is 0. The van der Waals surface area contributed by atoms with Crippen LogP contribution in [0.1, 0.15) is 42.1 Å². The maximum atomic E-state index is 12.6. The molecular formula is C22H28N4O2S. The Hall–Kier alpha value is -2.43. The number of nitrogens with one attached hydrogen (secondary N) is 1. The highest BCUT2D eigenvalue weighted by molar-refractivity contribution is 7.17. The van der Waals surface area contributed by atoms with Gasteiger partial charge in [0.1, 0.15) is 15.6 Å². The number of thiazole rings is 1. The average molecular weight is 413 g/mol. The van der Waals surface area contributed by atoms with Gasteiger partial charge in [0.25, 0.3) is 5.91 Å². The maximum absolute atomic E-state index is 12.6. The predicted molar refractivity (Wildman–Crippen MR) is 117 cm³/mol. The van der Waals surface area contributed by atoms with Crippen LogP contribution in [-0.4, -0.2) is 48.6 Å². The van der Waals surface area contributed by atoms with Gasteiger partial charge in [-0.1, -0.05) is 19.9 Å². The summed E-state index contributed by atoms with van der Waals surface area (Å²) in [5.41, 5.74) is 2.01. The molecule has 0 atom stereocenters. The zero-order valence-corrected chi connectivity index (χ0v) is 18.1. The van der Waals surface area contributed by atoms with E-state index in [2.05, 4.69) is 33.9 Å². The molecule has 2 aromatic rings. The van der Waals surface area contributed by atoms with Crippen LogP contribution in [-0.2, 0) is 0 Å². The molecule has 6 nitrogen and oxygen atoms in total. The number of benzene rings is 1.